The average Bonchev–Trinajstić information content (AvgIpc) is 2.38. The first-order chi connectivity index (χ1) is 9.00. The Morgan fingerprint density at radius 1 is 1.53 bits per heavy atom. The van der Waals surface area contributed by atoms with Gasteiger partial charge in [-0.2, -0.15) is 0 Å². The zero-order valence-corrected chi connectivity index (χ0v) is 11.1. The Labute approximate surface area is 112 Å². The van der Waals surface area contributed by atoms with Crippen molar-refractivity contribution in [2.75, 3.05) is 18.0 Å². The Kier molecular flexibility index (Phi) is 4.04. The molecule has 1 aliphatic rings. The number of nitrogens with zero attached hydrogens (tertiary/aromatic N) is 1. The lowest BCUT2D eigenvalue weighted by Gasteiger charge is -2.35. The molecule has 4 N–H and O–H groups in total. The third kappa shape index (κ3) is 2.87. The van der Waals surface area contributed by atoms with Gasteiger partial charge in [-0.05, 0) is 31.9 Å². The predicted molar refractivity (Wildman–Crippen MR) is 73.1 cm³/mol. The van der Waals surface area contributed by atoms with Crippen molar-refractivity contribution in [1.29, 1.82) is 0 Å². The van der Waals surface area contributed by atoms with E-state index in [0.717, 1.165) is 25.1 Å². The number of hydrogen-bond acceptors (Lipinski definition) is 3. The van der Waals surface area contributed by atoms with Gasteiger partial charge in [0.2, 0.25) is 5.91 Å². The molecule has 1 aromatic rings. The molecule has 0 saturated carbocycles. The number of halogens is 1. The monoisotopic (exact) mass is 265 g/mol. The summed E-state index contributed by atoms with van der Waals surface area (Å²) in [6.07, 6.45) is 1.68. The molecule has 1 aliphatic heterocycles. The van der Waals surface area contributed by atoms with Gasteiger partial charge in [-0.15, -0.1) is 0 Å². The van der Waals surface area contributed by atoms with Gasteiger partial charge in [0.15, 0.2) is 0 Å². The van der Waals surface area contributed by atoms with Crippen LogP contribution in [0.2, 0.25) is 0 Å². The quantitative estimate of drug-likeness (QED) is 0.871. The molecule has 104 valence electrons. The maximum absolute atomic E-state index is 13.9. The van der Waals surface area contributed by atoms with Crippen molar-refractivity contribution in [2.45, 2.75) is 25.8 Å². The molecule has 0 radical (unpaired) electrons. The van der Waals surface area contributed by atoms with E-state index in [9.17, 15) is 9.18 Å². The molecule has 19 heavy (non-hydrogen) atoms. The van der Waals surface area contributed by atoms with E-state index < -0.39 is 0 Å². The molecule has 1 saturated heterocycles. The first-order valence-electron chi connectivity index (χ1n) is 6.59. The second-order valence-corrected chi connectivity index (χ2v) is 5.15. The smallest absolute Gasteiger partial charge is 0.222 e. The molecule has 2 rings (SSSR count). The standard InChI is InChI=1S/C14H20FN3O/c1-9(16)13-11(15)5-2-6-12(13)18-7-3-4-10(8-18)14(17)19/h2,5-6,9-10H,3-4,7-8,16H2,1H3,(H2,17,19)/t9-,10?/m0/s1. The second-order valence-electron chi connectivity index (χ2n) is 5.15. The van der Waals surface area contributed by atoms with E-state index in [4.69, 9.17) is 11.5 Å². The summed E-state index contributed by atoms with van der Waals surface area (Å²) in [5.41, 5.74) is 12.5. The Hall–Kier alpha value is -1.62. The number of benzene rings is 1. The highest BCUT2D eigenvalue weighted by Gasteiger charge is 2.26. The molecule has 0 bridgehead atoms. The molecule has 0 aliphatic carbocycles. The summed E-state index contributed by atoms with van der Waals surface area (Å²) in [6.45, 7) is 3.10. The van der Waals surface area contributed by atoms with Crippen molar-refractivity contribution in [2.24, 2.45) is 17.4 Å². The lowest BCUT2D eigenvalue weighted by Crippen LogP contribution is -2.41. The lowest BCUT2D eigenvalue weighted by molar-refractivity contribution is -0.122. The fourth-order valence-corrected chi connectivity index (χ4v) is 2.68. The molecule has 2 atom stereocenters. The van der Waals surface area contributed by atoms with Gasteiger partial charge in [-0.3, -0.25) is 4.79 Å². The maximum atomic E-state index is 13.9. The van der Waals surface area contributed by atoms with Crippen LogP contribution in [0.5, 0.6) is 0 Å². The van der Waals surface area contributed by atoms with Gasteiger partial charge < -0.3 is 16.4 Å². The summed E-state index contributed by atoms with van der Waals surface area (Å²) < 4.78 is 13.9. The molecule has 0 aromatic heterocycles. The molecule has 5 heteroatoms. The van der Waals surface area contributed by atoms with Crippen LogP contribution in [-0.4, -0.2) is 19.0 Å². The van der Waals surface area contributed by atoms with Crippen LogP contribution in [0.1, 0.15) is 31.4 Å². The summed E-state index contributed by atoms with van der Waals surface area (Å²) in [5.74, 6) is -0.755. The van der Waals surface area contributed by atoms with Gasteiger partial charge in [0.05, 0.1) is 5.92 Å². The second kappa shape index (κ2) is 5.57. The highest BCUT2D eigenvalue weighted by atomic mass is 19.1. The third-order valence-electron chi connectivity index (χ3n) is 3.65. The molecule has 1 aromatic carbocycles. The first kappa shape index (κ1) is 13.8. The van der Waals surface area contributed by atoms with Crippen molar-refractivity contribution < 1.29 is 9.18 Å². The SMILES string of the molecule is C[C@H](N)c1c(F)cccc1N1CCCC(C(N)=O)C1. The van der Waals surface area contributed by atoms with Gasteiger partial charge in [-0.1, -0.05) is 6.07 Å². The summed E-state index contributed by atoms with van der Waals surface area (Å²) in [4.78, 5) is 13.3. The van der Waals surface area contributed by atoms with E-state index in [1.54, 1.807) is 13.0 Å². The van der Waals surface area contributed by atoms with Crippen LogP contribution in [0.4, 0.5) is 10.1 Å². The lowest BCUT2D eigenvalue weighted by atomic mass is 9.95. The maximum Gasteiger partial charge on any atom is 0.222 e. The number of carbonyl (C=O) groups is 1. The molecular formula is C14H20FN3O. The number of piperidine rings is 1. The van der Waals surface area contributed by atoms with Crippen molar-refractivity contribution >= 4 is 11.6 Å². The van der Waals surface area contributed by atoms with E-state index >= 15 is 0 Å². The molecule has 1 heterocycles. The van der Waals surface area contributed by atoms with Crippen molar-refractivity contribution in [3.8, 4) is 0 Å². The molecule has 1 unspecified atom stereocenters. The summed E-state index contributed by atoms with van der Waals surface area (Å²) in [6, 6.07) is 4.55. The highest BCUT2D eigenvalue weighted by molar-refractivity contribution is 5.77. The number of anilines is 1. The fraction of sp³-hybridized carbons (Fsp3) is 0.500. The van der Waals surface area contributed by atoms with E-state index in [0.29, 0.717) is 12.1 Å². The Morgan fingerprint density at radius 2 is 2.26 bits per heavy atom. The minimum absolute atomic E-state index is 0.169. The van der Waals surface area contributed by atoms with Gasteiger partial charge in [-0.25, -0.2) is 4.39 Å². The van der Waals surface area contributed by atoms with E-state index in [1.807, 2.05) is 11.0 Å². The van der Waals surface area contributed by atoms with Gasteiger partial charge in [0.1, 0.15) is 5.82 Å². The number of amides is 1. The Morgan fingerprint density at radius 3 is 2.89 bits per heavy atom. The van der Waals surface area contributed by atoms with E-state index in [1.165, 1.54) is 6.07 Å². The predicted octanol–water partition coefficient (Wildman–Crippen LogP) is 1.55. The molecule has 1 fully saturated rings. The number of nitrogens with two attached hydrogens (primary N) is 2. The fourth-order valence-electron chi connectivity index (χ4n) is 2.68. The van der Waals surface area contributed by atoms with Crippen LogP contribution >= 0.6 is 0 Å². The summed E-state index contributed by atoms with van der Waals surface area (Å²) in [5, 5.41) is 0. The van der Waals surface area contributed by atoms with Crippen LogP contribution in [0, 0.1) is 11.7 Å². The highest BCUT2D eigenvalue weighted by Crippen LogP contribution is 2.31. The van der Waals surface area contributed by atoms with Gasteiger partial charge >= 0.3 is 0 Å². The zero-order valence-electron chi connectivity index (χ0n) is 11.1. The van der Waals surface area contributed by atoms with Gasteiger partial charge in [0.25, 0.3) is 0 Å². The molecule has 0 spiro atoms. The van der Waals surface area contributed by atoms with E-state index in [-0.39, 0.29) is 23.7 Å². The summed E-state index contributed by atoms with van der Waals surface area (Å²) in [7, 11) is 0. The minimum atomic E-state index is -0.384. The van der Waals surface area contributed by atoms with Crippen LogP contribution in [0.15, 0.2) is 18.2 Å². The first-order valence-corrected chi connectivity index (χ1v) is 6.59. The number of rotatable bonds is 3. The number of primary amides is 1. The molecule has 4 nitrogen and oxygen atoms in total. The third-order valence-corrected chi connectivity index (χ3v) is 3.65. The van der Waals surface area contributed by atoms with Gasteiger partial charge in [0, 0.05) is 30.4 Å². The van der Waals surface area contributed by atoms with E-state index in [2.05, 4.69) is 0 Å². The number of carbonyl (C=O) groups excluding carboxylic acids is 1. The van der Waals surface area contributed by atoms with Crippen LogP contribution in [0.25, 0.3) is 0 Å². The topological polar surface area (TPSA) is 72.3 Å². The largest absolute Gasteiger partial charge is 0.370 e. The average molecular weight is 265 g/mol. The normalized spacial score (nSPS) is 21.2. The van der Waals surface area contributed by atoms with Crippen molar-refractivity contribution in [3.05, 3.63) is 29.6 Å². The van der Waals surface area contributed by atoms with Crippen LogP contribution in [0.3, 0.4) is 0 Å². The Balaban J connectivity index is 2.31. The van der Waals surface area contributed by atoms with Crippen LogP contribution < -0.4 is 16.4 Å². The number of hydrogen-bond donors (Lipinski definition) is 2. The zero-order chi connectivity index (χ0) is 14.0. The van der Waals surface area contributed by atoms with Crippen LogP contribution in [-0.2, 0) is 4.79 Å². The Bertz CT molecular complexity index is 476. The van der Waals surface area contributed by atoms with Crippen molar-refractivity contribution in [3.63, 3.8) is 0 Å². The molecular weight excluding hydrogens is 245 g/mol. The molecule has 1 amide bonds. The van der Waals surface area contributed by atoms with Crippen molar-refractivity contribution in [1.82, 2.24) is 0 Å². The minimum Gasteiger partial charge on any atom is -0.370 e. The summed E-state index contributed by atoms with van der Waals surface area (Å²) >= 11 is 0.